The fourth-order valence-electron chi connectivity index (χ4n) is 2.23. The van der Waals surface area contributed by atoms with Gasteiger partial charge in [0.05, 0.1) is 6.10 Å². The molecular formula is C14H20FNO. The van der Waals surface area contributed by atoms with Crippen molar-refractivity contribution in [2.45, 2.75) is 44.8 Å². The molecule has 1 saturated carbocycles. The third kappa shape index (κ3) is 2.97. The predicted molar refractivity (Wildman–Crippen MR) is 66.8 cm³/mol. The quantitative estimate of drug-likeness (QED) is 0.866. The fourth-order valence-corrected chi connectivity index (χ4v) is 2.23. The van der Waals surface area contributed by atoms with E-state index in [1.54, 1.807) is 6.07 Å². The molecule has 2 nitrogen and oxygen atoms in total. The summed E-state index contributed by atoms with van der Waals surface area (Å²) in [5.41, 5.74) is 1.06. The number of ether oxygens (including phenoxy) is 1. The molecule has 94 valence electrons. The van der Waals surface area contributed by atoms with Crippen molar-refractivity contribution in [3.63, 3.8) is 0 Å². The van der Waals surface area contributed by atoms with Crippen LogP contribution in [0.3, 0.4) is 0 Å². The smallest absolute Gasteiger partial charge is 0.165 e. The summed E-state index contributed by atoms with van der Waals surface area (Å²) in [6, 6.07) is 5.32. The molecule has 1 aromatic carbocycles. The van der Waals surface area contributed by atoms with Gasteiger partial charge in [-0.1, -0.05) is 6.07 Å². The van der Waals surface area contributed by atoms with Crippen LogP contribution in [0, 0.1) is 5.82 Å². The average Bonchev–Trinajstić information content (AvgIpc) is 2.84. The molecule has 0 amide bonds. The minimum atomic E-state index is -0.260. The van der Waals surface area contributed by atoms with Crippen LogP contribution in [-0.2, 0) is 0 Å². The Morgan fingerprint density at radius 2 is 2.06 bits per heavy atom. The van der Waals surface area contributed by atoms with E-state index in [-0.39, 0.29) is 18.0 Å². The van der Waals surface area contributed by atoms with E-state index in [0.29, 0.717) is 5.75 Å². The van der Waals surface area contributed by atoms with Crippen molar-refractivity contribution < 1.29 is 9.13 Å². The van der Waals surface area contributed by atoms with Crippen LogP contribution in [0.1, 0.15) is 44.2 Å². The Labute approximate surface area is 102 Å². The summed E-state index contributed by atoms with van der Waals surface area (Å²) in [6.45, 7) is 2.05. The van der Waals surface area contributed by atoms with E-state index in [9.17, 15) is 4.39 Å². The lowest BCUT2D eigenvalue weighted by molar-refractivity contribution is 0.200. The topological polar surface area (TPSA) is 21.3 Å². The molecule has 3 heteroatoms. The molecule has 0 saturated heterocycles. The molecular weight excluding hydrogens is 217 g/mol. The SMILES string of the molecule is CNC(C)c1ccc(F)c(OC2CCCC2)c1. The first-order chi connectivity index (χ1) is 8.20. The summed E-state index contributed by atoms with van der Waals surface area (Å²) < 4.78 is 19.4. The molecule has 17 heavy (non-hydrogen) atoms. The van der Waals surface area contributed by atoms with Gasteiger partial charge in [-0.3, -0.25) is 0 Å². The van der Waals surface area contributed by atoms with Crippen LogP contribution < -0.4 is 10.1 Å². The lowest BCUT2D eigenvalue weighted by Crippen LogP contribution is -2.15. The maximum absolute atomic E-state index is 13.6. The summed E-state index contributed by atoms with van der Waals surface area (Å²) in [4.78, 5) is 0. The highest BCUT2D eigenvalue weighted by Crippen LogP contribution is 2.28. The van der Waals surface area contributed by atoms with Crippen molar-refractivity contribution in [1.29, 1.82) is 0 Å². The Morgan fingerprint density at radius 1 is 1.35 bits per heavy atom. The van der Waals surface area contributed by atoms with Gasteiger partial charge in [-0.15, -0.1) is 0 Å². The van der Waals surface area contributed by atoms with E-state index in [4.69, 9.17) is 4.74 Å². The normalized spacial score (nSPS) is 18.3. The lowest BCUT2D eigenvalue weighted by Gasteiger charge is -2.16. The Morgan fingerprint density at radius 3 is 2.71 bits per heavy atom. The van der Waals surface area contributed by atoms with Crippen molar-refractivity contribution in [2.75, 3.05) is 7.05 Å². The zero-order valence-corrected chi connectivity index (χ0v) is 10.5. The second-order valence-electron chi connectivity index (χ2n) is 4.72. The third-order valence-corrected chi connectivity index (χ3v) is 3.48. The number of rotatable bonds is 4. The van der Waals surface area contributed by atoms with Crippen LogP contribution in [0.2, 0.25) is 0 Å². The van der Waals surface area contributed by atoms with Gasteiger partial charge in [0.15, 0.2) is 11.6 Å². The van der Waals surface area contributed by atoms with Crippen molar-refractivity contribution >= 4 is 0 Å². The fraction of sp³-hybridized carbons (Fsp3) is 0.571. The molecule has 0 heterocycles. The maximum atomic E-state index is 13.6. The van der Waals surface area contributed by atoms with Crippen LogP contribution in [0.4, 0.5) is 4.39 Å². The minimum Gasteiger partial charge on any atom is -0.487 e. The van der Waals surface area contributed by atoms with Crippen molar-refractivity contribution in [2.24, 2.45) is 0 Å². The number of hydrogen-bond donors (Lipinski definition) is 1. The van der Waals surface area contributed by atoms with Crippen molar-refractivity contribution in [3.05, 3.63) is 29.6 Å². The van der Waals surface area contributed by atoms with Crippen molar-refractivity contribution in [3.8, 4) is 5.75 Å². The zero-order chi connectivity index (χ0) is 12.3. The summed E-state index contributed by atoms with van der Waals surface area (Å²) in [7, 11) is 1.89. The number of hydrogen-bond acceptors (Lipinski definition) is 2. The summed E-state index contributed by atoms with van der Waals surface area (Å²) in [5, 5.41) is 3.14. The second-order valence-corrected chi connectivity index (χ2v) is 4.72. The van der Waals surface area contributed by atoms with Gasteiger partial charge in [0, 0.05) is 6.04 Å². The van der Waals surface area contributed by atoms with E-state index < -0.39 is 0 Å². The van der Waals surface area contributed by atoms with Crippen molar-refractivity contribution in [1.82, 2.24) is 5.32 Å². The van der Waals surface area contributed by atoms with Gasteiger partial charge < -0.3 is 10.1 Å². The average molecular weight is 237 g/mol. The predicted octanol–water partition coefficient (Wildman–Crippen LogP) is 3.43. The van der Waals surface area contributed by atoms with Crippen LogP contribution in [0.5, 0.6) is 5.75 Å². The van der Waals surface area contributed by atoms with E-state index in [2.05, 4.69) is 5.32 Å². The van der Waals surface area contributed by atoms with Gasteiger partial charge in [-0.05, 0) is 57.4 Å². The third-order valence-electron chi connectivity index (χ3n) is 3.48. The van der Waals surface area contributed by atoms with E-state index in [1.807, 2.05) is 20.0 Å². The molecule has 0 bridgehead atoms. The molecule has 0 aromatic heterocycles. The summed E-state index contributed by atoms with van der Waals surface area (Å²) in [6.07, 6.45) is 4.68. The molecule has 1 atom stereocenters. The molecule has 0 spiro atoms. The molecule has 0 radical (unpaired) electrons. The Kier molecular flexibility index (Phi) is 4.00. The van der Waals surface area contributed by atoms with E-state index in [1.165, 1.54) is 18.9 Å². The van der Waals surface area contributed by atoms with Gasteiger partial charge in [0.1, 0.15) is 0 Å². The first-order valence-electron chi connectivity index (χ1n) is 6.34. The first kappa shape index (κ1) is 12.4. The van der Waals surface area contributed by atoms with Crippen LogP contribution in [0.25, 0.3) is 0 Å². The monoisotopic (exact) mass is 237 g/mol. The molecule has 1 N–H and O–H groups in total. The highest BCUT2D eigenvalue weighted by atomic mass is 19.1. The minimum absolute atomic E-state index is 0.199. The van der Waals surface area contributed by atoms with Gasteiger partial charge in [-0.2, -0.15) is 0 Å². The van der Waals surface area contributed by atoms with Gasteiger partial charge >= 0.3 is 0 Å². The highest BCUT2D eigenvalue weighted by Gasteiger charge is 2.18. The van der Waals surface area contributed by atoms with Crippen LogP contribution in [0.15, 0.2) is 18.2 Å². The molecule has 1 aliphatic carbocycles. The molecule has 2 rings (SSSR count). The number of nitrogens with one attached hydrogen (secondary N) is 1. The van der Waals surface area contributed by atoms with Crippen LogP contribution >= 0.6 is 0 Å². The van der Waals surface area contributed by atoms with Gasteiger partial charge in [0.25, 0.3) is 0 Å². The lowest BCUT2D eigenvalue weighted by atomic mass is 10.1. The van der Waals surface area contributed by atoms with Crippen LogP contribution in [-0.4, -0.2) is 13.2 Å². The zero-order valence-electron chi connectivity index (χ0n) is 10.5. The van der Waals surface area contributed by atoms with E-state index in [0.717, 1.165) is 18.4 Å². The number of benzene rings is 1. The summed E-state index contributed by atoms with van der Waals surface area (Å²) >= 11 is 0. The van der Waals surface area contributed by atoms with E-state index >= 15 is 0 Å². The Bertz CT molecular complexity index is 374. The maximum Gasteiger partial charge on any atom is 0.165 e. The molecule has 0 aliphatic heterocycles. The largest absolute Gasteiger partial charge is 0.487 e. The number of halogens is 1. The highest BCUT2D eigenvalue weighted by molar-refractivity contribution is 5.32. The van der Waals surface area contributed by atoms with Gasteiger partial charge in [-0.25, -0.2) is 4.39 Å². The summed E-state index contributed by atoms with van der Waals surface area (Å²) in [5.74, 6) is 0.139. The second kappa shape index (κ2) is 5.50. The molecule has 1 aliphatic rings. The first-order valence-corrected chi connectivity index (χ1v) is 6.34. The molecule has 1 unspecified atom stereocenters. The Balaban J connectivity index is 2.13. The molecule has 1 aromatic rings. The standard InChI is InChI=1S/C14H20FNO/c1-10(16-2)11-7-8-13(15)14(9-11)17-12-5-3-4-6-12/h7-10,12,16H,3-6H2,1-2H3. The Hall–Kier alpha value is -1.09. The van der Waals surface area contributed by atoms with Gasteiger partial charge in [0.2, 0.25) is 0 Å². The molecule has 1 fully saturated rings.